The summed E-state index contributed by atoms with van der Waals surface area (Å²) in [5, 5.41) is 5.07. The normalized spacial score (nSPS) is 23.1. The fourth-order valence-electron chi connectivity index (χ4n) is 5.34. The Labute approximate surface area is 198 Å². The summed E-state index contributed by atoms with van der Waals surface area (Å²) in [4.78, 5) is 39.4. The molecule has 1 aromatic carbocycles. The van der Waals surface area contributed by atoms with Crippen molar-refractivity contribution in [2.24, 2.45) is 0 Å². The number of nitrogens with zero attached hydrogens (tertiary/aromatic N) is 2. The molecular formula is C24H32F2N4O4. The zero-order chi connectivity index (χ0) is 24.2. The van der Waals surface area contributed by atoms with E-state index in [4.69, 9.17) is 4.74 Å². The Balaban J connectivity index is 1.31. The number of ether oxygens (including phenoxy) is 1. The topological polar surface area (TPSA) is 91.0 Å². The Hall–Kier alpha value is -2.59. The third-order valence-corrected chi connectivity index (χ3v) is 7.20. The van der Waals surface area contributed by atoms with Crippen LogP contribution in [0, 0.1) is 11.6 Å². The second-order valence-corrected chi connectivity index (χ2v) is 9.36. The molecule has 0 aromatic heterocycles. The summed E-state index contributed by atoms with van der Waals surface area (Å²) in [5.74, 6) is -2.24. The van der Waals surface area contributed by atoms with Crippen LogP contribution in [0.4, 0.5) is 14.5 Å². The highest BCUT2D eigenvalue weighted by atomic mass is 19.1. The zero-order valence-corrected chi connectivity index (χ0v) is 19.4. The summed E-state index contributed by atoms with van der Waals surface area (Å²) in [6, 6.07) is 2.16. The van der Waals surface area contributed by atoms with E-state index in [1.807, 2.05) is 4.90 Å². The molecule has 3 saturated heterocycles. The highest BCUT2D eigenvalue weighted by Crippen LogP contribution is 2.35. The molecule has 1 atom stereocenters. The molecular weight excluding hydrogens is 446 g/mol. The van der Waals surface area contributed by atoms with Gasteiger partial charge in [0.2, 0.25) is 17.7 Å². The van der Waals surface area contributed by atoms with Gasteiger partial charge in [-0.15, -0.1) is 0 Å². The molecule has 0 bridgehead atoms. The molecule has 2 N–H and O–H groups in total. The van der Waals surface area contributed by atoms with Crippen molar-refractivity contribution >= 4 is 23.4 Å². The van der Waals surface area contributed by atoms with Gasteiger partial charge in [0.1, 0.15) is 24.3 Å². The molecule has 34 heavy (non-hydrogen) atoms. The lowest BCUT2D eigenvalue weighted by Crippen LogP contribution is -2.49. The summed E-state index contributed by atoms with van der Waals surface area (Å²) in [7, 11) is 1.52. The predicted octanol–water partition coefficient (Wildman–Crippen LogP) is 2.00. The quantitative estimate of drug-likeness (QED) is 0.608. The van der Waals surface area contributed by atoms with E-state index in [1.165, 1.54) is 19.2 Å². The minimum absolute atomic E-state index is 0.0150. The minimum Gasteiger partial charge on any atom is -0.375 e. The van der Waals surface area contributed by atoms with Crippen LogP contribution in [0.2, 0.25) is 0 Å². The lowest BCUT2D eigenvalue weighted by Gasteiger charge is -2.42. The standard InChI is InChI=1S/C24H32F2N4O4/c1-34-14-22(32)30-10-6-17(7-11-30)29-8-4-15(5-9-29)23-18(25)12-16(13-19(23)26)27-20-2-3-21(31)28-24(20)33/h12-13,15,17,20,27H,2-11,14H2,1H3,(H,28,31,33). The van der Waals surface area contributed by atoms with Crippen LogP contribution in [0.3, 0.4) is 0 Å². The highest BCUT2D eigenvalue weighted by molar-refractivity contribution is 6.01. The highest BCUT2D eigenvalue weighted by Gasteiger charge is 2.32. The van der Waals surface area contributed by atoms with Gasteiger partial charge < -0.3 is 19.9 Å². The van der Waals surface area contributed by atoms with Gasteiger partial charge in [0.05, 0.1) is 0 Å². The van der Waals surface area contributed by atoms with Crippen molar-refractivity contribution in [2.45, 2.75) is 56.5 Å². The number of hydrogen-bond acceptors (Lipinski definition) is 6. The van der Waals surface area contributed by atoms with Crippen LogP contribution in [-0.2, 0) is 19.1 Å². The van der Waals surface area contributed by atoms with E-state index < -0.39 is 23.6 Å². The molecule has 3 amide bonds. The van der Waals surface area contributed by atoms with Crippen LogP contribution in [0.5, 0.6) is 0 Å². The number of likely N-dealkylation sites (tertiary alicyclic amines) is 2. The van der Waals surface area contributed by atoms with Gasteiger partial charge in [0.15, 0.2) is 0 Å². The molecule has 0 radical (unpaired) electrons. The molecule has 4 rings (SSSR count). The Morgan fingerprint density at radius 2 is 1.71 bits per heavy atom. The number of imide groups is 1. The second-order valence-electron chi connectivity index (χ2n) is 9.36. The Morgan fingerprint density at radius 3 is 2.29 bits per heavy atom. The number of carbonyl (C=O) groups is 3. The van der Waals surface area contributed by atoms with Crippen molar-refractivity contribution in [3.05, 3.63) is 29.3 Å². The van der Waals surface area contributed by atoms with E-state index in [9.17, 15) is 23.2 Å². The van der Waals surface area contributed by atoms with Crippen molar-refractivity contribution < 1.29 is 27.9 Å². The lowest BCUT2D eigenvalue weighted by molar-refractivity contribution is -0.137. The van der Waals surface area contributed by atoms with Gasteiger partial charge in [-0.3, -0.25) is 19.7 Å². The van der Waals surface area contributed by atoms with E-state index in [2.05, 4.69) is 15.5 Å². The predicted molar refractivity (Wildman–Crippen MR) is 121 cm³/mol. The number of piperidine rings is 3. The SMILES string of the molecule is COCC(=O)N1CCC(N2CCC(c3c(F)cc(NC4CCC(=O)NC4=O)cc3F)CC2)CC1. The first kappa shape index (κ1) is 24.5. The second kappa shape index (κ2) is 10.8. The molecule has 3 fully saturated rings. The minimum atomic E-state index is -0.693. The Kier molecular flexibility index (Phi) is 7.77. The van der Waals surface area contributed by atoms with Crippen LogP contribution in [-0.4, -0.2) is 79.5 Å². The average molecular weight is 479 g/mol. The van der Waals surface area contributed by atoms with Crippen LogP contribution >= 0.6 is 0 Å². The average Bonchev–Trinajstić information content (AvgIpc) is 2.81. The number of halogens is 2. The number of rotatable bonds is 6. The number of carbonyl (C=O) groups excluding carboxylic acids is 3. The molecule has 8 nitrogen and oxygen atoms in total. The number of hydrogen-bond donors (Lipinski definition) is 2. The summed E-state index contributed by atoms with van der Waals surface area (Å²) < 4.78 is 34.8. The molecule has 0 aliphatic carbocycles. The van der Waals surface area contributed by atoms with Crippen molar-refractivity contribution in [1.82, 2.24) is 15.1 Å². The van der Waals surface area contributed by atoms with E-state index in [-0.39, 0.29) is 48.4 Å². The number of nitrogens with one attached hydrogen (secondary N) is 2. The van der Waals surface area contributed by atoms with Crippen molar-refractivity contribution in [2.75, 3.05) is 45.2 Å². The van der Waals surface area contributed by atoms with Crippen molar-refractivity contribution in [3.63, 3.8) is 0 Å². The maximum atomic E-state index is 14.9. The van der Waals surface area contributed by atoms with Gasteiger partial charge in [0.25, 0.3) is 0 Å². The molecule has 3 heterocycles. The number of methoxy groups -OCH3 is 1. The van der Waals surface area contributed by atoms with E-state index in [0.29, 0.717) is 32.0 Å². The third-order valence-electron chi connectivity index (χ3n) is 7.20. The summed E-state index contributed by atoms with van der Waals surface area (Å²) >= 11 is 0. The van der Waals surface area contributed by atoms with E-state index in [1.54, 1.807) is 0 Å². The van der Waals surface area contributed by atoms with E-state index >= 15 is 0 Å². The first-order valence-electron chi connectivity index (χ1n) is 12.0. The monoisotopic (exact) mass is 478 g/mol. The summed E-state index contributed by atoms with van der Waals surface area (Å²) in [6.07, 6.45) is 3.58. The molecule has 0 saturated carbocycles. The van der Waals surface area contributed by atoms with Crippen molar-refractivity contribution in [1.29, 1.82) is 0 Å². The van der Waals surface area contributed by atoms with Crippen LogP contribution < -0.4 is 10.6 Å². The van der Waals surface area contributed by atoms with Gasteiger partial charge >= 0.3 is 0 Å². The molecule has 0 spiro atoms. The van der Waals surface area contributed by atoms with Gasteiger partial charge in [-0.05, 0) is 63.2 Å². The fourth-order valence-corrected chi connectivity index (χ4v) is 5.34. The fraction of sp³-hybridized carbons (Fsp3) is 0.625. The van der Waals surface area contributed by atoms with Crippen molar-refractivity contribution in [3.8, 4) is 0 Å². The van der Waals surface area contributed by atoms with Crippen LogP contribution in [0.1, 0.15) is 50.0 Å². The van der Waals surface area contributed by atoms with Gasteiger partial charge in [0, 0.05) is 43.9 Å². The number of benzene rings is 1. The third kappa shape index (κ3) is 5.55. The van der Waals surface area contributed by atoms with Gasteiger partial charge in [-0.1, -0.05) is 0 Å². The molecule has 10 heteroatoms. The molecule has 186 valence electrons. The molecule has 1 aromatic rings. The van der Waals surface area contributed by atoms with Crippen LogP contribution in [0.15, 0.2) is 12.1 Å². The lowest BCUT2D eigenvalue weighted by atomic mass is 9.87. The maximum Gasteiger partial charge on any atom is 0.249 e. The maximum absolute atomic E-state index is 14.9. The molecule has 1 unspecified atom stereocenters. The summed E-state index contributed by atoms with van der Waals surface area (Å²) in [5.41, 5.74) is 0.300. The summed E-state index contributed by atoms with van der Waals surface area (Å²) in [6.45, 7) is 3.04. The smallest absolute Gasteiger partial charge is 0.249 e. The van der Waals surface area contributed by atoms with Gasteiger partial charge in [-0.25, -0.2) is 8.78 Å². The molecule has 3 aliphatic rings. The van der Waals surface area contributed by atoms with E-state index in [0.717, 1.165) is 25.9 Å². The van der Waals surface area contributed by atoms with Crippen LogP contribution in [0.25, 0.3) is 0 Å². The zero-order valence-electron chi connectivity index (χ0n) is 19.4. The first-order valence-corrected chi connectivity index (χ1v) is 12.0. The number of amides is 3. The first-order chi connectivity index (χ1) is 16.4. The largest absolute Gasteiger partial charge is 0.375 e. The number of anilines is 1. The molecule has 3 aliphatic heterocycles. The Morgan fingerprint density at radius 1 is 1.06 bits per heavy atom. The Bertz CT molecular complexity index is 905. The van der Waals surface area contributed by atoms with Gasteiger partial charge in [-0.2, -0.15) is 0 Å².